The normalized spacial score (nSPS) is 19.4. The summed E-state index contributed by atoms with van der Waals surface area (Å²) >= 11 is 0. The first-order chi connectivity index (χ1) is 10.2. The summed E-state index contributed by atoms with van der Waals surface area (Å²) in [6.07, 6.45) is 1.32. The van der Waals surface area contributed by atoms with E-state index >= 15 is 0 Å². The molecular formula is C16H19N3O2. The maximum Gasteiger partial charge on any atom is 0.170 e. The van der Waals surface area contributed by atoms with Gasteiger partial charge in [-0.1, -0.05) is 29.4 Å². The van der Waals surface area contributed by atoms with Crippen LogP contribution in [0.15, 0.2) is 41.6 Å². The number of rotatable bonds is 3. The van der Waals surface area contributed by atoms with E-state index in [-0.39, 0.29) is 11.9 Å². The monoisotopic (exact) mass is 285 g/mol. The highest BCUT2D eigenvalue weighted by Gasteiger charge is 2.24. The van der Waals surface area contributed by atoms with Gasteiger partial charge >= 0.3 is 0 Å². The Morgan fingerprint density at radius 2 is 2.05 bits per heavy atom. The fourth-order valence-corrected chi connectivity index (χ4v) is 2.98. The molecule has 0 aromatic heterocycles. The van der Waals surface area contributed by atoms with E-state index in [1.54, 1.807) is 7.11 Å². The molecule has 1 aliphatic rings. The molecule has 21 heavy (non-hydrogen) atoms. The summed E-state index contributed by atoms with van der Waals surface area (Å²) in [7, 11) is 1.76. The van der Waals surface area contributed by atoms with Crippen LogP contribution < -0.4 is 10.6 Å². The summed E-state index contributed by atoms with van der Waals surface area (Å²) in [6.45, 7) is 1.87. The van der Waals surface area contributed by atoms with Gasteiger partial charge < -0.3 is 20.6 Å². The van der Waals surface area contributed by atoms with Crippen LogP contribution in [0.4, 0.5) is 5.69 Å². The van der Waals surface area contributed by atoms with Crippen molar-refractivity contribution in [3.8, 4) is 0 Å². The van der Waals surface area contributed by atoms with Crippen molar-refractivity contribution in [1.82, 2.24) is 0 Å². The molecule has 1 atom stereocenters. The molecule has 1 saturated heterocycles. The Labute approximate surface area is 123 Å². The predicted molar refractivity (Wildman–Crippen MR) is 84.1 cm³/mol. The van der Waals surface area contributed by atoms with Gasteiger partial charge in [-0.05, 0) is 23.9 Å². The Morgan fingerprint density at radius 1 is 1.29 bits per heavy atom. The number of benzene rings is 2. The number of ether oxygens (including phenoxy) is 1. The Kier molecular flexibility index (Phi) is 3.66. The van der Waals surface area contributed by atoms with E-state index in [0.29, 0.717) is 0 Å². The van der Waals surface area contributed by atoms with Crippen molar-refractivity contribution in [1.29, 1.82) is 0 Å². The summed E-state index contributed by atoms with van der Waals surface area (Å²) in [5.74, 6) is 0.133. The fraction of sp³-hybridized carbons (Fsp3) is 0.312. The molecule has 2 aromatic rings. The molecule has 0 radical (unpaired) electrons. The van der Waals surface area contributed by atoms with Gasteiger partial charge in [0.15, 0.2) is 5.84 Å². The summed E-state index contributed by atoms with van der Waals surface area (Å²) < 4.78 is 5.44. The van der Waals surface area contributed by atoms with Crippen molar-refractivity contribution in [2.45, 2.75) is 12.5 Å². The minimum Gasteiger partial charge on any atom is -0.409 e. The predicted octanol–water partition coefficient (Wildman–Crippen LogP) is 2.16. The summed E-state index contributed by atoms with van der Waals surface area (Å²) in [5, 5.41) is 14.2. The first-order valence-corrected chi connectivity index (χ1v) is 7.02. The number of hydrogen-bond acceptors (Lipinski definition) is 4. The second-order valence-electron chi connectivity index (χ2n) is 5.26. The number of fused-ring (bicyclic) bond motifs is 1. The van der Waals surface area contributed by atoms with Crippen LogP contribution >= 0.6 is 0 Å². The van der Waals surface area contributed by atoms with Crippen LogP contribution in [0.2, 0.25) is 0 Å². The smallest absolute Gasteiger partial charge is 0.170 e. The van der Waals surface area contributed by atoms with Crippen molar-refractivity contribution < 1.29 is 9.94 Å². The van der Waals surface area contributed by atoms with Crippen LogP contribution in [0.5, 0.6) is 0 Å². The molecule has 0 amide bonds. The molecule has 0 bridgehead atoms. The minimum absolute atomic E-state index is 0.133. The molecule has 1 aliphatic heterocycles. The van der Waals surface area contributed by atoms with Crippen molar-refractivity contribution in [3.63, 3.8) is 0 Å². The number of amidine groups is 1. The molecule has 5 heteroatoms. The van der Waals surface area contributed by atoms with Gasteiger partial charge in [-0.15, -0.1) is 0 Å². The van der Waals surface area contributed by atoms with Crippen molar-refractivity contribution in [3.05, 3.63) is 42.0 Å². The van der Waals surface area contributed by atoms with Crippen LogP contribution in [-0.2, 0) is 4.74 Å². The zero-order valence-electron chi connectivity index (χ0n) is 12.0. The van der Waals surface area contributed by atoms with Crippen molar-refractivity contribution in [2.24, 2.45) is 10.9 Å². The average molecular weight is 285 g/mol. The SMILES string of the molecule is COC1CCN(c2ccc(/C(N)=N/O)c3ccccc23)C1. The molecule has 110 valence electrons. The van der Waals surface area contributed by atoms with E-state index in [1.807, 2.05) is 30.3 Å². The maximum absolute atomic E-state index is 8.93. The summed E-state index contributed by atoms with van der Waals surface area (Å²) in [5.41, 5.74) is 7.69. The van der Waals surface area contributed by atoms with Gasteiger partial charge in [0.1, 0.15) is 0 Å². The van der Waals surface area contributed by atoms with Crippen LogP contribution in [0.1, 0.15) is 12.0 Å². The van der Waals surface area contributed by atoms with E-state index in [4.69, 9.17) is 15.7 Å². The molecular weight excluding hydrogens is 266 g/mol. The quantitative estimate of drug-likeness (QED) is 0.392. The molecule has 1 heterocycles. The van der Waals surface area contributed by atoms with Crippen LogP contribution in [0.25, 0.3) is 10.8 Å². The number of methoxy groups -OCH3 is 1. The first kappa shape index (κ1) is 13.7. The second-order valence-corrected chi connectivity index (χ2v) is 5.26. The molecule has 0 aliphatic carbocycles. The van der Waals surface area contributed by atoms with Gasteiger partial charge in [-0.3, -0.25) is 0 Å². The van der Waals surface area contributed by atoms with Crippen molar-refractivity contribution in [2.75, 3.05) is 25.1 Å². The third-order valence-electron chi connectivity index (χ3n) is 4.10. The van der Waals surface area contributed by atoms with Crippen LogP contribution in [0, 0.1) is 0 Å². The fourth-order valence-electron chi connectivity index (χ4n) is 2.98. The van der Waals surface area contributed by atoms with E-state index < -0.39 is 0 Å². The van der Waals surface area contributed by atoms with Gasteiger partial charge in [-0.25, -0.2) is 0 Å². The van der Waals surface area contributed by atoms with Crippen LogP contribution in [-0.4, -0.2) is 37.3 Å². The lowest BCUT2D eigenvalue weighted by Gasteiger charge is -2.21. The first-order valence-electron chi connectivity index (χ1n) is 7.02. The Balaban J connectivity index is 2.10. The van der Waals surface area contributed by atoms with E-state index in [1.165, 1.54) is 5.69 Å². The summed E-state index contributed by atoms with van der Waals surface area (Å²) in [6, 6.07) is 12.0. The van der Waals surface area contributed by atoms with Gasteiger partial charge in [0.2, 0.25) is 0 Å². The molecule has 3 rings (SSSR count). The van der Waals surface area contributed by atoms with Crippen LogP contribution in [0.3, 0.4) is 0 Å². The molecule has 1 fully saturated rings. The topological polar surface area (TPSA) is 71.1 Å². The van der Waals surface area contributed by atoms with Gasteiger partial charge in [0, 0.05) is 36.8 Å². The number of anilines is 1. The molecule has 0 saturated carbocycles. The highest BCUT2D eigenvalue weighted by atomic mass is 16.5. The molecule has 2 aromatic carbocycles. The van der Waals surface area contributed by atoms with E-state index in [9.17, 15) is 0 Å². The van der Waals surface area contributed by atoms with E-state index in [0.717, 1.165) is 35.8 Å². The largest absolute Gasteiger partial charge is 0.409 e. The van der Waals surface area contributed by atoms with E-state index in [2.05, 4.69) is 16.1 Å². The van der Waals surface area contributed by atoms with Gasteiger partial charge in [-0.2, -0.15) is 0 Å². The Morgan fingerprint density at radius 3 is 2.71 bits per heavy atom. The zero-order valence-corrected chi connectivity index (χ0v) is 12.0. The molecule has 0 spiro atoms. The molecule has 5 nitrogen and oxygen atoms in total. The number of hydrogen-bond donors (Lipinski definition) is 2. The minimum atomic E-state index is 0.133. The third-order valence-corrected chi connectivity index (χ3v) is 4.10. The highest BCUT2D eigenvalue weighted by Crippen LogP contribution is 2.32. The molecule has 3 N–H and O–H groups in total. The number of nitrogens with two attached hydrogens (primary N) is 1. The van der Waals surface area contributed by atoms with Crippen molar-refractivity contribution >= 4 is 22.3 Å². The lowest BCUT2D eigenvalue weighted by atomic mass is 10.0. The number of oxime groups is 1. The molecule has 1 unspecified atom stereocenters. The third kappa shape index (κ3) is 2.40. The Bertz CT molecular complexity index is 684. The second kappa shape index (κ2) is 5.61. The average Bonchev–Trinajstić information content (AvgIpc) is 3.02. The summed E-state index contributed by atoms with van der Waals surface area (Å²) in [4.78, 5) is 2.33. The standard InChI is InChI=1S/C16H19N3O2/c1-21-11-8-9-19(10-11)15-7-6-14(16(17)18-20)12-4-2-3-5-13(12)15/h2-7,11,20H,8-10H2,1H3,(H2,17,18). The lowest BCUT2D eigenvalue weighted by molar-refractivity contribution is 0.121. The van der Waals surface area contributed by atoms with Gasteiger partial charge in [0.05, 0.1) is 6.10 Å². The van der Waals surface area contributed by atoms with Gasteiger partial charge in [0.25, 0.3) is 0 Å². The Hall–Kier alpha value is -2.27. The number of nitrogens with zero attached hydrogens (tertiary/aromatic N) is 2. The highest BCUT2D eigenvalue weighted by molar-refractivity contribution is 6.11. The zero-order chi connectivity index (χ0) is 14.8. The maximum atomic E-state index is 8.93. The lowest BCUT2D eigenvalue weighted by Crippen LogP contribution is -2.22.